The van der Waals surface area contributed by atoms with Crippen LogP contribution in [0.3, 0.4) is 0 Å². The zero-order valence-electron chi connectivity index (χ0n) is 14.5. The number of nitrogens with zero attached hydrogens (tertiary/aromatic N) is 1. The largest absolute Gasteiger partial charge is 0.507 e. The molecule has 0 fully saturated rings. The lowest BCUT2D eigenvalue weighted by Crippen LogP contribution is -2.17. The minimum Gasteiger partial charge on any atom is -0.507 e. The van der Waals surface area contributed by atoms with E-state index in [0.29, 0.717) is 17.9 Å². The lowest BCUT2D eigenvalue weighted by atomic mass is 10.0. The van der Waals surface area contributed by atoms with E-state index in [1.807, 2.05) is 42.5 Å². The molecule has 2 aromatic carbocycles. The molecule has 1 aliphatic rings. The summed E-state index contributed by atoms with van der Waals surface area (Å²) in [6, 6.07) is 17.3. The molecule has 0 bridgehead atoms. The predicted molar refractivity (Wildman–Crippen MR) is 111 cm³/mol. The molecule has 0 unspecified atom stereocenters. The SMILES string of the molecule is Cc1cc(O)c(C2=Nc3ccccc3S[C@@H](c3ccccc3Br)C2)c(=O)o1. The maximum Gasteiger partial charge on any atom is 0.348 e. The maximum atomic E-state index is 12.5. The topological polar surface area (TPSA) is 62.8 Å². The number of halogens is 1. The fraction of sp³-hybridized carbons (Fsp3) is 0.143. The van der Waals surface area contributed by atoms with E-state index in [-0.39, 0.29) is 16.6 Å². The number of fused-ring (bicyclic) bond motifs is 1. The number of hydrogen-bond acceptors (Lipinski definition) is 5. The Morgan fingerprint density at radius 2 is 1.93 bits per heavy atom. The third-order valence-electron chi connectivity index (χ3n) is 4.36. The van der Waals surface area contributed by atoms with Crippen molar-refractivity contribution >= 4 is 39.1 Å². The van der Waals surface area contributed by atoms with Gasteiger partial charge in [-0.25, -0.2) is 4.79 Å². The summed E-state index contributed by atoms with van der Waals surface area (Å²) in [5.74, 6) is 0.269. The van der Waals surface area contributed by atoms with Crippen LogP contribution in [0.15, 0.2) is 78.2 Å². The minimum absolute atomic E-state index is 0.0306. The second-order valence-corrected chi connectivity index (χ2v) is 8.36. The van der Waals surface area contributed by atoms with Gasteiger partial charge in [-0.1, -0.05) is 46.3 Å². The summed E-state index contributed by atoms with van der Waals surface area (Å²) in [5.41, 5.74) is 1.99. The quantitative estimate of drug-likeness (QED) is 0.547. The molecule has 136 valence electrons. The highest BCUT2D eigenvalue weighted by molar-refractivity contribution is 9.10. The first-order valence-electron chi connectivity index (χ1n) is 8.44. The number of aromatic hydroxyl groups is 1. The van der Waals surface area contributed by atoms with E-state index in [9.17, 15) is 9.90 Å². The van der Waals surface area contributed by atoms with Crippen LogP contribution in [-0.2, 0) is 0 Å². The Balaban J connectivity index is 1.90. The summed E-state index contributed by atoms with van der Waals surface area (Å²) in [5, 5.41) is 10.4. The molecule has 1 aromatic heterocycles. The van der Waals surface area contributed by atoms with Gasteiger partial charge in [0.2, 0.25) is 0 Å². The summed E-state index contributed by atoms with van der Waals surface area (Å²) >= 11 is 5.33. The Morgan fingerprint density at radius 3 is 2.70 bits per heavy atom. The van der Waals surface area contributed by atoms with Crippen molar-refractivity contribution in [3.8, 4) is 5.75 Å². The Hall–Kier alpha value is -2.31. The molecule has 0 spiro atoms. The first-order chi connectivity index (χ1) is 13.0. The van der Waals surface area contributed by atoms with Gasteiger partial charge in [-0.3, -0.25) is 4.99 Å². The molecular weight excluding hydrogens is 426 g/mol. The Morgan fingerprint density at radius 1 is 1.19 bits per heavy atom. The van der Waals surface area contributed by atoms with Crippen molar-refractivity contribution in [1.29, 1.82) is 0 Å². The van der Waals surface area contributed by atoms with Crippen LogP contribution >= 0.6 is 27.7 Å². The van der Waals surface area contributed by atoms with Gasteiger partial charge in [-0.15, -0.1) is 11.8 Å². The highest BCUT2D eigenvalue weighted by Crippen LogP contribution is 2.47. The number of rotatable bonds is 2. The Kier molecular flexibility index (Phi) is 4.93. The predicted octanol–water partition coefficient (Wildman–Crippen LogP) is 5.77. The fourth-order valence-corrected chi connectivity index (χ4v) is 5.12. The van der Waals surface area contributed by atoms with Gasteiger partial charge in [0, 0.05) is 27.1 Å². The molecule has 0 aliphatic carbocycles. The summed E-state index contributed by atoms with van der Waals surface area (Å²) < 4.78 is 6.22. The maximum absolute atomic E-state index is 12.5. The number of para-hydroxylation sites is 1. The van der Waals surface area contributed by atoms with E-state index in [1.54, 1.807) is 18.7 Å². The highest BCUT2D eigenvalue weighted by Gasteiger charge is 2.27. The second-order valence-electron chi connectivity index (χ2n) is 6.26. The second kappa shape index (κ2) is 7.37. The molecule has 0 radical (unpaired) electrons. The molecule has 2 heterocycles. The molecule has 0 saturated heterocycles. The van der Waals surface area contributed by atoms with Crippen LogP contribution in [0.25, 0.3) is 0 Å². The Labute approximate surface area is 169 Å². The number of aliphatic imine (C=N–C) groups is 1. The fourth-order valence-electron chi connectivity index (χ4n) is 3.14. The van der Waals surface area contributed by atoms with Gasteiger partial charge in [-0.05, 0) is 30.7 Å². The number of thioether (sulfide) groups is 1. The van der Waals surface area contributed by atoms with Crippen molar-refractivity contribution < 1.29 is 9.52 Å². The third kappa shape index (κ3) is 3.59. The van der Waals surface area contributed by atoms with E-state index < -0.39 is 5.63 Å². The van der Waals surface area contributed by atoms with Crippen LogP contribution < -0.4 is 5.63 Å². The molecule has 3 aromatic rings. The summed E-state index contributed by atoms with van der Waals surface area (Å²) in [4.78, 5) is 18.2. The van der Waals surface area contributed by atoms with Crippen LogP contribution in [0.4, 0.5) is 5.69 Å². The minimum atomic E-state index is -0.568. The van der Waals surface area contributed by atoms with Crippen LogP contribution in [0.1, 0.15) is 28.6 Å². The van der Waals surface area contributed by atoms with Gasteiger partial charge >= 0.3 is 5.63 Å². The standard InChI is InChI=1S/C21H16BrNO3S/c1-12-10-17(24)20(21(25)26-12)16-11-19(13-6-2-3-7-14(13)22)27-18-9-5-4-8-15(18)23-16/h2-10,19,24H,11H2,1H3/t19-/m1/s1. The van der Waals surface area contributed by atoms with E-state index in [2.05, 4.69) is 22.0 Å². The Bertz CT molecular complexity index is 1110. The number of hydrogen-bond donors (Lipinski definition) is 1. The normalized spacial score (nSPS) is 16.4. The molecule has 4 rings (SSSR count). The van der Waals surface area contributed by atoms with Gasteiger partial charge in [0.15, 0.2) is 0 Å². The van der Waals surface area contributed by atoms with Gasteiger partial charge in [0.25, 0.3) is 0 Å². The van der Waals surface area contributed by atoms with Crippen molar-refractivity contribution in [2.75, 3.05) is 0 Å². The molecule has 0 saturated carbocycles. The van der Waals surface area contributed by atoms with Crippen molar-refractivity contribution in [2.45, 2.75) is 23.5 Å². The summed E-state index contributed by atoms with van der Waals surface area (Å²) in [6.45, 7) is 1.63. The highest BCUT2D eigenvalue weighted by atomic mass is 79.9. The van der Waals surface area contributed by atoms with Gasteiger partial charge in [0.1, 0.15) is 17.1 Å². The molecule has 4 nitrogen and oxygen atoms in total. The van der Waals surface area contributed by atoms with Crippen molar-refractivity contribution in [3.05, 3.63) is 86.4 Å². The zero-order chi connectivity index (χ0) is 19.0. The average Bonchev–Trinajstić information content (AvgIpc) is 2.80. The summed E-state index contributed by atoms with van der Waals surface area (Å²) in [6.07, 6.45) is 0.489. The first kappa shape index (κ1) is 18.1. The lowest BCUT2D eigenvalue weighted by Gasteiger charge is -2.17. The van der Waals surface area contributed by atoms with Gasteiger partial charge in [-0.2, -0.15) is 0 Å². The molecule has 0 amide bonds. The van der Waals surface area contributed by atoms with Crippen LogP contribution in [-0.4, -0.2) is 10.8 Å². The molecule has 6 heteroatoms. The first-order valence-corrected chi connectivity index (χ1v) is 10.1. The number of aryl methyl sites for hydroxylation is 1. The van der Waals surface area contributed by atoms with Crippen LogP contribution in [0.2, 0.25) is 0 Å². The van der Waals surface area contributed by atoms with Gasteiger partial charge < -0.3 is 9.52 Å². The van der Waals surface area contributed by atoms with Crippen LogP contribution in [0, 0.1) is 6.92 Å². The number of benzene rings is 2. The van der Waals surface area contributed by atoms with E-state index in [4.69, 9.17) is 9.41 Å². The molecule has 27 heavy (non-hydrogen) atoms. The van der Waals surface area contributed by atoms with E-state index in [1.165, 1.54) is 6.07 Å². The van der Waals surface area contributed by atoms with Crippen LogP contribution in [0.5, 0.6) is 5.75 Å². The molecule has 1 atom stereocenters. The van der Waals surface area contributed by atoms with E-state index >= 15 is 0 Å². The smallest absolute Gasteiger partial charge is 0.348 e. The molecule has 1 N–H and O–H groups in total. The van der Waals surface area contributed by atoms with E-state index in [0.717, 1.165) is 20.6 Å². The molecule has 1 aliphatic heterocycles. The van der Waals surface area contributed by atoms with Crippen molar-refractivity contribution in [2.24, 2.45) is 4.99 Å². The average molecular weight is 442 g/mol. The molecular formula is C21H16BrNO3S. The third-order valence-corrected chi connectivity index (χ3v) is 6.39. The zero-order valence-corrected chi connectivity index (χ0v) is 16.9. The van der Waals surface area contributed by atoms with Gasteiger partial charge in [0.05, 0.1) is 11.4 Å². The van der Waals surface area contributed by atoms with Crippen molar-refractivity contribution in [1.82, 2.24) is 0 Å². The monoisotopic (exact) mass is 441 g/mol. The summed E-state index contributed by atoms with van der Waals surface area (Å²) in [7, 11) is 0. The lowest BCUT2D eigenvalue weighted by molar-refractivity contribution is 0.432. The van der Waals surface area contributed by atoms with Crippen molar-refractivity contribution in [3.63, 3.8) is 0 Å².